The Balaban J connectivity index is 2.22. The molecule has 0 N–H and O–H groups in total. The quantitative estimate of drug-likeness (QED) is 0.770. The smallest absolute Gasteiger partial charge is 0.406 e. The molecule has 7 heteroatoms. The highest BCUT2D eigenvalue weighted by Gasteiger charge is 2.30. The Morgan fingerprint density at radius 2 is 1.82 bits per heavy atom. The molecule has 0 radical (unpaired) electrons. The van der Waals surface area contributed by atoms with E-state index in [4.69, 9.17) is 0 Å². The van der Waals surface area contributed by atoms with Gasteiger partial charge in [0.15, 0.2) is 0 Å². The maximum atomic E-state index is 11.9. The van der Waals surface area contributed by atoms with E-state index in [2.05, 4.69) is 9.72 Å². The fourth-order valence-corrected chi connectivity index (χ4v) is 1.84. The van der Waals surface area contributed by atoms with Gasteiger partial charge < -0.3 is 4.74 Å². The van der Waals surface area contributed by atoms with Crippen molar-refractivity contribution in [2.45, 2.75) is 6.36 Å². The summed E-state index contributed by atoms with van der Waals surface area (Å²) in [5.74, 6) is 0.428. The zero-order chi connectivity index (χ0) is 12.5. The predicted octanol–water partition coefficient (Wildman–Crippen LogP) is 3.65. The SMILES string of the molecule is FC(F)(F)Oc1ccc(-c2nccn2I)cc1. The predicted molar refractivity (Wildman–Crippen MR) is 63.8 cm³/mol. The van der Waals surface area contributed by atoms with E-state index >= 15 is 0 Å². The van der Waals surface area contributed by atoms with Crippen LogP contribution in [-0.4, -0.2) is 14.1 Å². The third-order valence-electron chi connectivity index (χ3n) is 1.94. The van der Waals surface area contributed by atoms with Crippen molar-refractivity contribution >= 4 is 22.9 Å². The van der Waals surface area contributed by atoms with Gasteiger partial charge in [0.05, 0.1) is 22.9 Å². The number of imidazole rings is 1. The molecule has 1 heterocycles. The number of ether oxygens (including phenoxy) is 1. The molecule has 3 nitrogen and oxygen atoms in total. The van der Waals surface area contributed by atoms with Gasteiger partial charge >= 0.3 is 6.36 Å². The highest BCUT2D eigenvalue weighted by atomic mass is 127. The van der Waals surface area contributed by atoms with Crippen molar-refractivity contribution in [3.8, 4) is 17.1 Å². The summed E-state index contributed by atoms with van der Waals surface area (Å²) in [6, 6.07) is 5.57. The van der Waals surface area contributed by atoms with Crippen LogP contribution in [-0.2, 0) is 0 Å². The second kappa shape index (κ2) is 4.55. The van der Waals surface area contributed by atoms with Crippen molar-refractivity contribution in [3.05, 3.63) is 36.7 Å². The molecule has 2 rings (SSSR count). The third-order valence-corrected chi connectivity index (χ3v) is 2.72. The normalized spacial score (nSPS) is 11.5. The summed E-state index contributed by atoms with van der Waals surface area (Å²) in [6.45, 7) is 0. The van der Waals surface area contributed by atoms with Gasteiger partial charge in [0.25, 0.3) is 0 Å². The lowest BCUT2D eigenvalue weighted by Gasteiger charge is -2.08. The minimum Gasteiger partial charge on any atom is -0.406 e. The molecule has 0 fully saturated rings. The van der Waals surface area contributed by atoms with E-state index in [1.807, 2.05) is 22.9 Å². The lowest BCUT2D eigenvalue weighted by Crippen LogP contribution is -2.16. The molecular formula is C10H6F3IN2O. The summed E-state index contributed by atoms with van der Waals surface area (Å²) in [5.41, 5.74) is 0.721. The first-order chi connectivity index (χ1) is 7.96. The fourth-order valence-electron chi connectivity index (χ4n) is 1.29. The lowest BCUT2D eigenvalue weighted by atomic mass is 10.2. The highest BCUT2D eigenvalue weighted by molar-refractivity contribution is 14.1. The van der Waals surface area contributed by atoms with Gasteiger partial charge in [-0.3, -0.25) is 2.78 Å². The first-order valence-corrected chi connectivity index (χ1v) is 5.48. The summed E-state index contributed by atoms with van der Waals surface area (Å²) in [5, 5.41) is 0. The van der Waals surface area contributed by atoms with Crippen molar-refractivity contribution in [1.29, 1.82) is 0 Å². The average molecular weight is 354 g/mol. The Morgan fingerprint density at radius 3 is 2.29 bits per heavy atom. The molecule has 0 aliphatic rings. The summed E-state index contributed by atoms with van der Waals surface area (Å²) in [4.78, 5) is 4.08. The topological polar surface area (TPSA) is 27.1 Å². The molecule has 0 aliphatic carbocycles. The molecule has 17 heavy (non-hydrogen) atoms. The van der Waals surface area contributed by atoms with Crippen LogP contribution in [0.2, 0.25) is 0 Å². The standard InChI is InChI=1S/C10H6F3IN2O/c11-10(12,13)17-8-3-1-7(2-4-8)9-15-5-6-16(9)14/h1-6H. The monoisotopic (exact) mass is 354 g/mol. The second-order valence-electron chi connectivity index (χ2n) is 3.13. The van der Waals surface area contributed by atoms with Gasteiger partial charge in [-0.1, -0.05) is 0 Å². The number of alkyl halides is 3. The van der Waals surface area contributed by atoms with Gasteiger partial charge in [-0.05, 0) is 24.3 Å². The van der Waals surface area contributed by atoms with Gasteiger partial charge in [-0.2, -0.15) is 0 Å². The van der Waals surface area contributed by atoms with E-state index < -0.39 is 6.36 Å². The zero-order valence-corrected chi connectivity index (χ0v) is 10.4. The van der Waals surface area contributed by atoms with Gasteiger partial charge in [-0.25, -0.2) is 4.98 Å². The van der Waals surface area contributed by atoms with Gasteiger partial charge in [-0.15, -0.1) is 13.2 Å². The highest BCUT2D eigenvalue weighted by Crippen LogP contribution is 2.26. The zero-order valence-electron chi connectivity index (χ0n) is 8.28. The number of halogens is 4. The number of benzene rings is 1. The summed E-state index contributed by atoms with van der Waals surface area (Å²) in [7, 11) is 0. The molecule has 0 saturated carbocycles. The van der Waals surface area contributed by atoms with Crippen molar-refractivity contribution < 1.29 is 17.9 Å². The molecule has 0 bridgehead atoms. The van der Waals surface area contributed by atoms with Crippen molar-refractivity contribution in [2.75, 3.05) is 0 Å². The van der Waals surface area contributed by atoms with Crippen LogP contribution in [0.25, 0.3) is 11.4 Å². The number of aromatic nitrogens is 2. The van der Waals surface area contributed by atoms with E-state index in [9.17, 15) is 13.2 Å². The number of hydrogen-bond acceptors (Lipinski definition) is 2. The molecule has 1 aromatic carbocycles. The van der Waals surface area contributed by atoms with Crippen LogP contribution in [0.1, 0.15) is 0 Å². The lowest BCUT2D eigenvalue weighted by molar-refractivity contribution is -0.274. The minimum atomic E-state index is -4.66. The van der Waals surface area contributed by atoms with Gasteiger partial charge in [0, 0.05) is 18.0 Å². The molecule has 0 aliphatic heterocycles. The first kappa shape index (κ1) is 12.2. The maximum absolute atomic E-state index is 11.9. The molecule has 0 saturated heterocycles. The number of rotatable bonds is 2. The van der Waals surface area contributed by atoms with E-state index in [-0.39, 0.29) is 5.75 Å². The molecule has 0 unspecified atom stereocenters. The van der Waals surface area contributed by atoms with Crippen LogP contribution >= 0.6 is 22.9 Å². The Kier molecular flexibility index (Phi) is 3.27. The number of hydrogen-bond donors (Lipinski definition) is 0. The molecule has 1 aromatic heterocycles. The second-order valence-corrected chi connectivity index (χ2v) is 4.17. The molecule has 2 aromatic rings. The molecule has 90 valence electrons. The van der Waals surface area contributed by atoms with Crippen molar-refractivity contribution in [2.24, 2.45) is 0 Å². The average Bonchev–Trinajstić information content (AvgIpc) is 2.63. The summed E-state index contributed by atoms with van der Waals surface area (Å²) in [6.07, 6.45) is -1.30. The van der Waals surface area contributed by atoms with Crippen LogP contribution in [0.3, 0.4) is 0 Å². The maximum Gasteiger partial charge on any atom is 0.573 e. The van der Waals surface area contributed by atoms with Crippen LogP contribution in [0, 0.1) is 0 Å². The van der Waals surface area contributed by atoms with Crippen LogP contribution in [0.15, 0.2) is 36.7 Å². The van der Waals surface area contributed by atoms with Gasteiger partial charge in [0.1, 0.15) is 11.6 Å². The van der Waals surface area contributed by atoms with E-state index in [1.165, 1.54) is 24.3 Å². The van der Waals surface area contributed by atoms with Crippen molar-refractivity contribution in [1.82, 2.24) is 7.76 Å². The first-order valence-electron chi connectivity index (χ1n) is 4.51. The summed E-state index contributed by atoms with van der Waals surface area (Å²) < 4.78 is 41.3. The summed E-state index contributed by atoms with van der Waals surface area (Å²) >= 11 is 2.03. The molecular weight excluding hydrogens is 348 g/mol. The van der Waals surface area contributed by atoms with Gasteiger partial charge in [0.2, 0.25) is 0 Å². The van der Waals surface area contributed by atoms with Crippen molar-refractivity contribution in [3.63, 3.8) is 0 Å². The van der Waals surface area contributed by atoms with E-state index in [0.29, 0.717) is 5.82 Å². The Morgan fingerprint density at radius 1 is 1.18 bits per heavy atom. The largest absolute Gasteiger partial charge is 0.573 e. The third kappa shape index (κ3) is 3.11. The fraction of sp³-hybridized carbons (Fsp3) is 0.100. The Hall–Kier alpha value is -1.25. The van der Waals surface area contributed by atoms with Crippen LogP contribution in [0.4, 0.5) is 13.2 Å². The molecule has 0 spiro atoms. The van der Waals surface area contributed by atoms with E-state index in [1.54, 1.807) is 15.2 Å². The minimum absolute atomic E-state index is 0.243. The molecule has 0 atom stereocenters. The number of nitrogens with zero attached hydrogens (tertiary/aromatic N) is 2. The van der Waals surface area contributed by atoms with Crippen LogP contribution < -0.4 is 4.74 Å². The Bertz CT molecular complexity index is 507. The molecule has 0 amide bonds. The Labute approximate surface area is 109 Å². The van der Waals surface area contributed by atoms with Crippen LogP contribution in [0.5, 0.6) is 5.75 Å². The van der Waals surface area contributed by atoms with E-state index in [0.717, 1.165) is 5.56 Å².